The van der Waals surface area contributed by atoms with Crippen LogP contribution in [0.3, 0.4) is 0 Å². The Hall–Kier alpha value is -2.02. The Labute approximate surface area is 132 Å². The maximum atomic E-state index is 11.9. The summed E-state index contributed by atoms with van der Waals surface area (Å²) < 4.78 is 10.8. The van der Waals surface area contributed by atoms with Gasteiger partial charge in [-0.1, -0.05) is 18.2 Å². The van der Waals surface area contributed by atoms with Gasteiger partial charge >= 0.3 is 0 Å². The third-order valence-corrected chi connectivity index (χ3v) is 4.57. The van der Waals surface area contributed by atoms with Gasteiger partial charge in [0.25, 0.3) is 5.22 Å². The largest absolute Gasteiger partial charge is 0.497 e. The van der Waals surface area contributed by atoms with Gasteiger partial charge in [0, 0.05) is 12.1 Å². The number of methoxy groups -OCH3 is 1. The molecule has 0 aliphatic carbocycles. The summed E-state index contributed by atoms with van der Waals surface area (Å²) in [5.41, 5.74) is 0.825. The lowest BCUT2D eigenvalue weighted by Crippen LogP contribution is -2.30. The molecule has 1 aliphatic heterocycles. The molecule has 0 bridgehead atoms. The molecule has 0 spiro atoms. The van der Waals surface area contributed by atoms with E-state index in [2.05, 4.69) is 15.5 Å². The quantitative estimate of drug-likeness (QED) is 0.933. The molecule has 0 saturated carbocycles. The van der Waals surface area contributed by atoms with Crippen LogP contribution in [0.15, 0.2) is 33.9 Å². The molecule has 1 unspecified atom stereocenters. The fourth-order valence-electron chi connectivity index (χ4n) is 2.25. The number of nitrogens with zero attached hydrogens (tertiary/aromatic N) is 2. The second-order valence-electron chi connectivity index (χ2n) is 4.99. The van der Waals surface area contributed by atoms with Crippen molar-refractivity contribution in [1.29, 1.82) is 0 Å². The van der Waals surface area contributed by atoms with E-state index in [1.807, 2.05) is 24.3 Å². The fraction of sp³-hybridized carbons (Fsp3) is 0.400. The van der Waals surface area contributed by atoms with E-state index in [0.29, 0.717) is 11.1 Å². The van der Waals surface area contributed by atoms with E-state index in [-0.39, 0.29) is 11.2 Å². The van der Waals surface area contributed by atoms with E-state index in [1.54, 1.807) is 7.11 Å². The Kier molecular flexibility index (Phi) is 4.62. The van der Waals surface area contributed by atoms with Crippen molar-refractivity contribution in [1.82, 2.24) is 15.5 Å². The third-order valence-electron chi connectivity index (χ3n) is 3.47. The number of hydrogen-bond donors (Lipinski definition) is 1. The summed E-state index contributed by atoms with van der Waals surface area (Å²) in [7, 11) is 1.62. The highest BCUT2D eigenvalue weighted by molar-refractivity contribution is 8.00. The van der Waals surface area contributed by atoms with E-state index in [1.165, 1.54) is 11.8 Å². The molecular formula is C15H17N3O3S. The maximum absolute atomic E-state index is 11.9. The van der Waals surface area contributed by atoms with Crippen LogP contribution in [0.4, 0.5) is 0 Å². The molecule has 1 aliphatic rings. The summed E-state index contributed by atoms with van der Waals surface area (Å²) >= 11 is 1.33. The zero-order chi connectivity index (χ0) is 15.4. The van der Waals surface area contributed by atoms with E-state index in [9.17, 15) is 4.79 Å². The van der Waals surface area contributed by atoms with Crippen LogP contribution in [0.5, 0.6) is 5.75 Å². The predicted octanol–water partition coefficient (Wildman–Crippen LogP) is 2.51. The van der Waals surface area contributed by atoms with Gasteiger partial charge in [-0.3, -0.25) is 4.79 Å². The molecule has 7 heteroatoms. The number of thioether (sulfide) groups is 1. The van der Waals surface area contributed by atoms with Crippen molar-refractivity contribution in [3.63, 3.8) is 0 Å². The van der Waals surface area contributed by atoms with Crippen LogP contribution in [0.1, 0.15) is 19.3 Å². The number of hydrogen-bond acceptors (Lipinski definition) is 6. The van der Waals surface area contributed by atoms with Gasteiger partial charge in [-0.05, 0) is 37.1 Å². The average molecular weight is 319 g/mol. The first-order chi connectivity index (χ1) is 10.8. The first-order valence-electron chi connectivity index (χ1n) is 7.18. The Morgan fingerprint density at radius 1 is 1.27 bits per heavy atom. The second-order valence-corrected chi connectivity index (χ2v) is 6.15. The van der Waals surface area contributed by atoms with E-state index >= 15 is 0 Å². The van der Waals surface area contributed by atoms with Crippen LogP contribution in [0.25, 0.3) is 11.5 Å². The van der Waals surface area contributed by atoms with Gasteiger partial charge in [0.1, 0.15) is 5.75 Å². The number of aromatic nitrogens is 2. The van der Waals surface area contributed by atoms with Gasteiger partial charge in [0.05, 0.1) is 12.4 Å². The molecule has 1 fully saturated rings. The lowest BCUT2D eigenvalue weighted by atomic mass is 10.2. The molecule has 1 aromatic heterocycles. The average Bonchev–Trinajstić information content (AvgIpc) is 2.92. The lowest BCUT2D eigenvalue weighted by Gasteiger charge is -2.08. The first kappa shape index (κ1) is 14.9. The number of benzene rings is 1. The minimum Gasteiger partial charge on any atom is -0.497 e. The van der Waals surface area contributed by atoms with Crippen molar-refractivity contribution in [2.45, 2.75) is 29.7 Å². The van der Waals surface area contributed by atoms with Crippen molar-refractivity contribution >= 4 is 17.7 Å². The molecule has 0 radical (unpaired) electrons. The summed E-state index contributed by atoms with van der Waals surface area (Å²) in [5.74, 6) is 1.26. The standard InChI is InChI=1S/C15H17N3O3S/c1-20-11-7-5-10(6-8-11)14-17-18-15(21-14)22-12-4-2-3-9-16-13(12)19/h5-8,12H,2-4,9H2,1H3,(H,16,19). The van der Waals surface area contributed by atoms with Crippen molar-refractivity contribution in [3.05, 3.63) is 24.3 Å². The smallest absolute Gasteiger partial charge is 0.277 e. The van der Waals surface area contributed by atoms with E-state index in [4.69, 9.17) is 9.15 Å². The molecule has 3 rings (SSSR count). The molecule has 1 amide bonds. The lowest BCUT2D eigenvalue weighted by molar-refractivity contribution is -0.120. The number of carbonyl (C=O) groups excluding carboxylic acids is 1. The molecular weight excluding hydrogens is 302 g/mol. The summed E-state index contributed by atoms with van der Waals surface area (Å²) in [4.78, 5) is 11.9. The van der Waals surface area contributed by atoms with Gasteiger partial charge in [0.15, 0.2) is 0 Å². The minimum atomic E-state index is -0.160. The van der Waals surface area contributed by atoms with Crippen LogP contribution in [-0.2, 0) is 4.79 Å². The highest BCUT2D eigenvalue weighted by Gasteiger charge is 2.24. The maximum Gasteiger partial charge on any atom is 0.277 e. The van der Waals surface area contributed by atoms with Crippen LogP contribution in [0.2, 0.25) is 0 Å². The number of rotatable bonds is 4. The van der Waals surface area contributed by atoms with Crippen molar-refractivity contribution < 1.29 is 13.9 Å². The molecule has 2 heterocycles. The van der Waals surface area contributed by atoms with Crippen molar-refractivity contribution in [2.75, 3.05) is 13.7 Å². The summed E-state index contributed by atoms with van der Waals surface area (Å²) in [6.45, 7) is 0.747. The number of nitrogens with one attached hydrogen (secondary N) is 1. The molecule has 6 nitrogen and oxygen atoms in total. The molecule has 1 aromatic carbocycles. The van der Waals surface area contributed by atoms with Crippen molar-refractivity contribution in [3.8, 4) is 17.2 Å². The number of carbonyl (C=O) groups is 1. The Morgan fingerprint density at radius 3 is 2.86 bits per heavy atom. The van der Waals surface area contributed by atoms with Gasteiger partial charge in [0.2, 0.25) is 11.8 Å². The number of ether oxygens (including phenoxy) is 1. The molecule has 2 aromatic rings. The van der Waals surface area contributed by atoms with Crippen LogP contribution in [0, 0.1) is 0 Å². The predicted molar refractivity (Wildman–Crippen MR) is 82.8 cm³/mol. The highest BCUT2D eigenvalue weighted by Crippen LogP contribution is 2.29. The molecule has 1 saturated heterocycles. The van der Waals surface area contributed by atoms with E-state index < -0.39 is 0 Å². The van der Waals surface area contributed by atoms with Crippen LogP contribution >= 0.6 is 11.8 Å². The second kappa shape index (κ2) is 6.83. The Morgan fingerprint density at radius 2 is 2.09 bits per heavy atom. The van der Waals surface area contributed by atoms with Crippen molar-refractivity contribution in [2.24, 2.45) is 0 Å². The first-order valence-corrected chi connectivity index (χ1v) is 8.06. The molecule has 1 N–H and O–H groups in total. The Balaban J connectivity index is 1.71. The molecule has 1 atom stereocenters. The van der Waals surface area contributed by atoms with E-state index in [0.717, 1.165) is 37.1 Å². The zero-order valence-electron chi connectivity index (χ0n) is 12.2. The molecule has 22 heavy (non-hydrogen) atoms. The fourth-order valence-corrected chi connectivity index (χ4v) is 3.19. The van der Waals surface area contributed by atoms with Gasteiger partial charge in [-0.25, -0.2) is 0 Å². The van der Waals surface area contributed by atoms with Gasteiger partial charge < -0.3 is 14.5 Å². The SMILES string of the molecule is COc1ccc(-c2nnc(SC3CCCCNC3=O)o2)cc1. The molecule has 116 valence electrons. The van der Waals surface area contributed by atoms with Crippen LogP contribution < -0.4 is 10.1 Å². The number of amides is 1. The van der Waals surface area contributed by atoms with Crippen LogP contribution in [-0.4, -0.2) is 35.0 Å². The summed E-state index contributed by atoms with van der Waals surface area (Å²) in [5, 5.41) is 11.2. The normalized spacial score (nSPS) is 18.6. The Bertz CT molecular complexity index is 642. The monoisotopic (exact) mass is 319 g/mol. The topological polar surface area (TPSA) is 77.3 Å². The zero-order valence-corrected chi connectivity index (χ0v) is 13.1. The summed E-state index contributed by atoms with van der Waals surface area (Å²) in [6.07, 6.45) is 2.87. The van der Waals surface area contributed by atoms with Gasteiger partial charge in [-0.2, -0.15) is 0 Å². The van der Waals surface area contributed by atoms with Gasteiger partial charge in [-0.15, -0.1) is 10.2 Å². The third kappa shape index (κ3) is 3.41. The minimum absolute atomic E-state index is 0.0479. The summed E-state index contributed by atoms with van der Waals surface area (Å²) in [6, 6.07) is 7.40. The highest BCUT2D eigenvalue weighted by atomic mass is 32.2.